The number of ketones is 1. The first-order valence-corrected chi connectivity index (χ1v) is 9.94. The molecule has 4 rings (SSSR count). The monoisotopic (exact) mass is 435 g/mol. The molecule has 0 aromatic heterocycles. The van der Waals surface area contributed by atoms with Gasteiger partial charge in [-0.3, -0.25) is 14.5 Å². The molecule has 32 heavy (non-hydrogen) atoms. The van der Waals surface area contributed by atoms with Crippen LogP contribution in [0.4, 0.5) is 14.5 Å². The van der Waals surface area contributed by atoms with Crippen LogP contribution in [0, 0.1) is 11.6 Å². The number of carbonyl (C=O) groups excluding carboxylic acids is 2. The minimum atomic E-state index is -1.13. The predicted molar refractivity (Wildman–Crippen MR) is 114 cm³/mol. The molecule has 0 aliphatic carbocycles. The second-order valence-electron chi connectivity index (χ2n) is 7.44. The lowest BCUT2D eigenvalue weighted by Crippen LogP contribution is -2.31. The number of anilines is 1. The van der Waals surface area contributed by atoms with E-state index in [-0.39, 0.29) is 23.4 Å². The number of phenolic OH excluding ortho intramolecular Hbond substituents is 1. The lowest BCUT2D eigenvalue weighted by Gasteiger charge is -2.27. The molecule has 0 spiro atoms. The molecule has 2 N–H and O–H groups in total. The number of benzene rings is 3. The molecule has 162 valence electrons. The number of rotatable bonds is 6. The topological polar surface area (TPSA) is 77.8 Å². The molecule has 0 saturated carbocycles. The largest absolute Gasteiger partial charge is 0.508 e. The number of halogens is 2. The van der Waals surface area contributed by atoms with Crippen LogP contribution in [-0.4, -0.2) is 21.9 Å². The number of phenols is 1. The molecule has 1 amide bonds. The van der Waals surface area contributed by atoms with E-state index in [4.69, 9.17) is 0 Å². The zero-order valence-corrected chi connectivity index (χ0v) is 16.8. The van der Waals surface area contributed by atoms with Gasteiger partial charge in [-0.25, -0.2) is 8.78 Å². The summed E-state index contributed by atoms with van der Waals surface area (Å²) in [5.41, 5.74) is 0.854. The molecule has 7 heteroatoms. The third kappa shape index (κ3) is 3.97. The highest BCUT2D eigenvalue weighted by atomic mass is 19.1. The summed E-state index contributed by atoms with van der Waals surface area (Å²) in [7, 11) is 0. The van der Waals surface area contributed by atoms with Crippen molar-refractivity contribution in [2.24, 2.45) is 0 Å². The summed E-state index contributed by atoms with van der Waals surface area (Å²) >= 11 is 0. The molecule has 5 nitrogen and oxygen atoms in total. The van der Waals surface area contributed by atoms with Gasteiger partial charge in [0.2, 0.25) is 0 Å². The summed E-state index contributed by atoms with van der Waals surface area (Å²) in [6, 6.07) is 16.5. The summed E-state index contributed by atoms with van der Waals surface area (Å²) in [6.07, 6.45) is 0.406. The van der Waals surface area contributed by atoms with E-state index in [1.165, 1.54) is 24.3 Å². The number of aryl methyl sites for hydroxylation is 1. The van der Waals surface area contributed by atoms with Crippen LogP contribution in [0.2, 0.25) is 0 Å². The Morgan fingerprint density at radius 1 is 0.938 bits per heavy atom. The second-order valence-corrected chi connectivity index (χ2v) is 7.44. The SMILES string of the molecule is O=C(CCc1ccccc1)C1=C(O)C(=O)N(c2ccc(F)cc2F)C1c1ccc(O)cc1. The molecule has 3 aromatic carbocycles. The van der Waals surface area contributed by atoms with Gasteiger partial charge in [0.15, 0.2) is 11.5 Å². The first kappa shape index (κ1) is 21.2. The molecule has 3 aromatic rings. The van der Waals surface area contributed by atoms with Crippen LogP contribution in [0.15, 0.2) is 84.1 Å². The van der Waals surface area contributed by atoms with E-state index in [0.717, 1.165) is 22.6 Å². The van der Waals surface area contributed by atoms with Gasteiger partial charge in [-0.2, -0.15) is 0 Å². The number of nitrogens with zero attached hydrogens (tertiary/aromatic N) is 1. The van der Waals surface area contributed by atoms with Crippen molar-refractivity contribution in [1.82, 2.24) is 0 Å². The Balaban J connectivity index is 1.75. The Kier molecular flexibility index (Phi) is 5.73. The van der Waals surface area contributed by atoms with Gasteiger partial charge in [0.05, 0.1) is 17.3 Å². The van der Waals surface area contributed by atoms with Crippen molar-refractivity contribution in [3.63, 3.8) is 0 Å². The van der Waals surface area contributed by atoms with Crippen LogP contribution >= 0.6 is 0 Å². The molecule has 1 atom stereocenters. The average Bonchev–Trinajstić information content (AvgIpc) is 3.04. The lowest BCUT2D eigenvalue weighted by atomic mass is 9.93. The highest BCUT2D eigenvalue weighted by Gasteiger charge is 2.45. The van der Waals surface area contributed by atoms with Gasteiger partial charge in [-0.05, 0) is 41.8 Å². The number of hydrogen-bond acceptors (Lipinski definition) is 4. The molecule has 1 unspecified atom stereocenters. The molecule has 0 radical (unpaired) electrons. The van der Waals surface area contributed by atoms with Gasteiger partial charge < -0.3 is 10.2 Å². The highest BCUT2D eigenvalue weighted by molar-refractivity contribution is 6.16. The lowest BCUT2D eigenvalue weighted by molar-refractivity contribution is -0.118. The van der Waals surface area contributed by atoms with Gasteiger partial charge in [-0.15, -0.1) is 0 Å². The minimum absolute atomic E-state index is 0.0189. The zero-order valence-electron chi connectivity index (χ0n) is 16.8. The van der Waals surface area contributed by atoms with Gasteiger partial charge in [-0.1, -0.05) is 42.5 Å². The summed E-state index contributed by atoms with van der Waals surface area (Å²) < 4.78 is 28.0. The Morgan fingerprint density at radius 2 is 1.62 bits per heavy atom. The number of aliphatic hydroxyl groups excluding tert-OH is 1. The average molecular weight is 435 g/mol. The molecular formula is C25H19F2NO4. The van der Waals surface area contributed by atoms with Crippen LogP contribution in [0.5, 0.6) is 5.75 Å². The van der Waals surface area contributed by atoms with Crippen molar-refractivity contribution in [2.75, 3.05) is 4.90 Å². The number of aromatic hydroxyl groups is 1. The van der Waals surface area contributed by atoms with Gasteiger partial charge >= 0.3 is 0 Å². The number of amides is 1. The minimum Gasteiger partial charge on any atom is -0.508 e. The summed E-state index contributed by atoms with van der Waals surface area (Å²) in [6.45, 7) is 0. The van der Waals surface area contributed by atoms with E-state index in [0.29, 0.717) is 18.1 Å². The Labute approximate surface area is 182 Å². The Morgan fingerprint density at radius 3 is 2.28 bits per heavy atom. The van der Waals surface area contributed by atoms with E-state index in [1.54, 1.807) is 0 Å². The van der Waals surface area contributed by atoms with Crippen LogP contribution in [0.3, 0.4) is 0 Å². The fraction of sp³-hybridized carbons (Fsp3) is 0.120. The van der Waals surface area contributed by atoms with Gasteiger partial charge in [0.25, 0.3) is 5.91 Å². The predicted octanol–water partition coefficient (Wildman–Crippen LogP) is 4.77. The molecular weight excluding hydrogens is 416 g/mol. The zero-order chi connectivity index (χ0) is 22.8. The summed E-state index contributed by atoms with van der Waals surface area (Å²) in [5.74, 6) is -4.07. The number of hydrogen-bond donors (Lipinski definition) is 2. The van der Waals surface area contributed by atoms with Crippen molar-refractivity contribution in [3.8, 4) is 5.75 Å². The standard InChI is InChI=1S/C25H19F2NO4/c26-17-9-12-20(19(27)14-17)28-23(16-7-10-18(29)11-8-16)22(24(31)25(28)32)21(30)13-6-15-4-2-1-3-5-15/h1-5,7-12,14,23,29,31H,6,13H2. The summed E-state index contributed by atoms with van der Waals surface area (Å²) in [4.78, 5) is 27.0. The van der Waals surface area contributed by atoms with E-state index >= 15 is 0 Å². The highest BCUT2D eigenvalue weighted by Crippen LogP contribution is 2.42. The van der Waals surface area contributed by atoms with Crippen molar-refractivity contribution in [3.05, 3.63) is 107 Å². The maximum Gasteiger partial charge on any atom is 0.294 e. The maximum absolute atomic E-state index is 14.6. The molecule has 0 bridgehead atoms. The fourth-order valence-corrected chi connectivity index (χ4v) is 3.82. The van der Waals surface area contributed by atoms with E-state index in [1.807, 2.05) is 30.3 Å². The molecule has 1 aliphatic heterocycles. The van der Waals surface area contributed by atoms with Crippen molar-refractivity contribution in [1.29, 1.82) is 0 Å². The number of carbonyl (C=O) groups is 2. The first-order valence-electron chi connectivity index (χ1n) is 9.94. The smallest absolute Gasteiger partial charge is 0.294 e. The first-order chi connectivity index (χ1) is 15.4. The summed E-state index contributed by atoms with van der Waals surface area (Å²) in [5, 5.41) is 20.2. The number of Topliss-reactive ketones (excluding diaryl/α,β-unsaturated/α-hetero) is 1. The third-order valence-corrected chi connectivity index (χ3v) is 5.37. The van der Waals surface area contributed by atoms with Gasteiger partial charge in [0.1, 0.15) is 17.4 Å². The number of aliphatic hydroxyl groups is 1. The molecule has 1 heterocycles. The van der Waals surface area contributed by atoms with Crippen molar-refractivity contribution < 1.29 is 28.6 Å². The second kappa shape index (κ2) is 8.63. The Hall–Kier alpha value is -4.00. The van der Waals surface area contributed by atoms with E-state index in [9.17, 15) is 28.6 Å². The van der Waals surface area contributed by atoms with Crippen LogP contribution < -0.4 is 4.90 Å². The third-order valence-electron chi connectivity index (χ3n) is 5.37. The quantitative estimate of drug-likeness (QED) is 0.585. The van der Waals surface area contributed by atoms with Crippen LogP contribution in [0.25, 0.3) is 0 Å². The van der Waals surface area contributed by atoms with Crippen molar-refractivity contribution in [2.45, 2.75) is 18.9 Å². The van der Waals surface area contributed by atoms with E-state index in [2.05, 4.69) is 0 Å². The Bertz CT molecular complexity index is 1210. The van der Waals surface area contributed by atoms with Crippen LogP contribution in [-0.2, 0) is 16.0 Å². The molecule has 0 saturated heterocycles. The van der Waals surface area contributed by atoms with Crippen LogP contribution in [0.1, 0.15) is 23.6 Å². The molecule has 1 aliphatic rings. The van der Waals surface area contributed by atoms with E-state index < -0.39 is 35.1 Å². The fourth-order valence-electron chi connectivity index (χ4n) is 3.82. The normalized spacial score (nSPS) is 16.0. The maximum atomic E-state index is 14.6. The van der Waals surface area contributed by atoms with Crippen molar-refractivity contribution >= 4 is 17.4 Å². The molecule has 0 fully saturated rings. The van der Waals surface area contributed by atoms with Gasteiger partial charge in [0, 0.05) is 12.5 Å².